The van der Waals surface area contributed by atoms with E-state index in [-0.39, 0.29) is 10.9 Å². The number of aryl methyl sites for hydroxylation is 1. The minimum Gasteiger partial charge on any atom is -0.315 e. The van der Waals surface area contributed by atoms with Crippen LogP contribution >= 0.6 is 11.6 Å². The number of benzene rings is 1. The van der Waals surface area contributed by atoms with Crippen molar-refractivity contribution >= 4 is 21.6 Å². The Morgan fingerprint density at radius 1 is 1.35 bits per heavy atom. The van der Waals surface area contributed by atoms with Crippen LogP contribution in [-0.2, 0) is 10.0 Å². The van der Waals surface area contributed by atoms with Crippen molar-refractivity contribution < 1.29 is 8.42 Å². The first kappa shape index (κ1) is 14.3. The number of fused-ring (bicyclic) bond motifs is 1. The summed E-state index contributed by atoms with van der Waals surface area (Å²) in [5.41, 5.74) is 0.908. The molecule has 0 spiro atoms. The van der Waals surface area contributed by atoms with Crippen molar-refractivity contribution in [1.82, 2.24) is 9.62 Å². The topological polar surface area (TPSA) is 49.4 Å². The van der Waals surface area contributed by atoms with E-state index in [0.29, 0.717) is 17.5 Å². The molecule has 110 valence electrons. The van der Waals surface area contributed by atoms with Crippen molar-refractivity contribution in [3.8, 4) is 0 Å². The van der Waals surface area contributed by atoms with Gasteiger partial charge in [-0.3, -0.25) is 0 Å². The van der Waals surface area contributed by atoms with Crippen molar-refractivity contribution in [2.75, 3.05) is 19.6 Å². The molecule has 1 N–H and O–H groups in total. The first-order valence-electron chi connectivity index (χ1n) is 6.99. The normalized spacial score (nSPS) is 27.5. The smallest absolute Gasteiger partial charge is 0.244 e. The van der Waals surface area contributed by atoms with E-state index < -0.39 is 10.0 Å². The Labute approximate surface area is 125 Å². The summed E-state index contributed by atoms with van der Waals surface area (Å²) in [5.74, 6) is 0.433. The van der Waals surface area contributed by atoms with Crippen LogP contribution in [0.4, 0.5) is 0 Å². The van der Waals surface area contributed by atoms with Crippen LogP contribution in [0.3, 0.4) is 0 Å². The molecule has 0 aromatic heterocycles. The second-order valence-electron chi connectivity index (χ2n) is 5.68. The molecule has 0 bridgehead atoms. The van der Waals surface area contributed by atoms with Crippen LogP contribution in [0.2, 0.25) is 5.02 Å². The van der Waals surface area contributed by atoms with E-state index in [4.69, 9.17) is 11.6 Å². The summed E-state index contributed by atoms with van der Waals surface area (Å²) < 4.78 is 27.5. The molecule has 0 aliphatic carbocycles. The van der Waals surface area contributed by atoms with E-state index in [1.165, 1.54) is 0 Å². The first-order chi connectivity index (χ1) is 9.50. The average Bonchev–Trinajstić information content (AvgIpc) is 2.89. The zero-order valence-corrected chi connectivity index (χ0v) is 13.0. The van der Waals surface area contributed by atoms with Crippen molar-refractivity contribution in [1.29, 1.82) is 0 Å². The fourth-order valence-electron chi connectivity index (χ4n) is 3.26. The molecule has 2 atom stereocenters. The van der Waals surface area contributed by atoms with Gasteiger partial charge in [0.05, 0.1) is 5.02 Å². The molecule has 0 saturated carbocycles. The Hall–Kier alpha value is -0.620. The van der Waals surface area contributed by atoms with Crippen LogP contribution in [0.5, 0.6) is 0 Å². The number of nitrogens with one attached hydrogen (secondary N) is 1. The highest BCUT2D eigenvalue weighted by molar-refractivity contribution is 7.89. The fourth-order valence-corrected chi connectivity index (χ4v) is 5.54. The zero-order valence-electron chi connectivity index (χ0n) is 11.5. The van der Waals surface area contributed by atoms with Gasteiger partial charge in [-0.1, -0.05) is 17.7 Å². The summed E-state index contributed by atoms with van der Waals surface area (Å²) in [6.07, 6.45) is 2.02. The van der Waals surface area contributed by atoms with Crippen molar-refractivity contribution in [2.24, 2.45) is 5.92 Å². The van der Waals surface area contributed by atoms with Crippen LogP contribution in [-0.4, -0.2) is 38.4 Å². The molecule has 2 heterocycles. The molecule has 4 nitrogen and oxygen atoms in total. The van der Waals surface area contributed by atoms with Crippen molar-refractivity contribution in [2.45, 2.75) is 30.7 Å². The monoisotopic (exact) mass is 314 g/mol. The number of hydrogen-bond acceptors (Lipinski definition) is 3. The Balaban J connectivity index is 2.00. The number of halogens is 1. The van der Waals surface area contributed by atoms with E-state index in [1.54, 1.807) is 16.4 Å². The number of piperidine rings is 1. The standard InChI is InChI=1S/C14H19ClN2O2S/c1-10-4-5-12(15)14(7-10)20(18,19)17-6-2-3-11-8-16-9-13(11)17/h4-5,7,11,13,16H,2-3,6,8-9H2,1H3/t11-,13+/m0/s1. The largest absolute Gasteiger partial charge is 0.315 e. The zero-order chi connectivity index (χ0) is 14.3. The molecular formula is C14H19ClN2O2S. The molecule has 0 amide bonds. The Morgan fingerprint density at radius 3 is 2.95 bits per heavy atom. The van der Waals surface area contributed by atoms with Gasteiger partial charge < -0.3 is 5.32 Å². The van der Waals surface area contributed by atoms with Gasteiger partial charge in [0.25, 0.3) is 0 Å². The summed E-state index contributed by atoms with van der Waals surface area (Å²) in [5, 5.41) is 3.61. The van der Waals surface area contributed by atoms with Crippen LogP contribution in [0.15, 0.2) is 23.1 Å². The van der Waals surface area contributed by atoms with E-state index in [0.717, 1.165) is 31.5 Å². The quantitative estimate of drug-likeness (QED) is 0.908. The van der Waals surface area contributed by atoms with Gasteiger partial charge in [0.2, 0.25) is 10.0 Å². The van der Waals surface area contributed by atoms with E-state index in [1.807, 2.05) is 13.0 Å². The Morgan fingerprint density at radius 2 is 2.15 bits per heavy atom. The fraction of sp³-hybridized carbons (Fsp3) is 0.571. The van der Waals surface area contributed by atoms with Crippen LogP contribution < -0.4 is 5.32 Å². The number of nitrogens with zero attached hydrogens (tertiary/aromatic N) is 1. The van der Waals surface area contributed by atoms with Crippen LogP contribution in [0, 0.1) is 12.8 Å². The third kappa shape index (κ3) is 2.37. The minimum atomic E-state index is -3.51. The van der Waals surface area contributed by atoms with Gasteiger partial charge in [-0.15, -0.1) is 0 Å². The molecule has 20 heavy (non-hydrogen) atoms. The summed E-state index contributed by atoms with van der Waals surface area (Å²) in [6, 6.07) is 5.24. The lowest BCUT2D eigenvalue weighted by Gasteiger charge is -2.36. The summed E-state index contributed by atoms with van der Waals surface area (Å²) in [7, 11) is -3.51. The van der Waals surface area contributed by atoms with Gasteiger partial charge in [0.1, 0.15) is 4.90 Å². The van der Waals surface area contributed by atoms with Gasteiger partial charge in [-0.2, -0.15) is 4.31 Å². The molecule has 2 fully saturated rings. The maximum atomic E-state index is 12.9. The first-order valence-corrected chi connectivity index (χ1v) is 8.80. The second-order valence-corrected chi connectivity index (χ2v) is 7.94. The highest BCUT2D eigenvalue weighted by Gasteiger charge is 2.41. The highest BCUT2D eigenvalue weighted by Crippen LogP contribution is 2.33. The predicted molar refractivity (Wildman–Crippen MR) is 79.5 cm³/mol. The van der Waals surface area contributed by atoms with Gasteiger partial charge in [-0.05, 0) is 49.9 Å². The molecule has 1 aromatic carbocycles. The maximum absolute atomic E-state index is 12.9. The summed E-state index contributed by atoms with van der Waals surface area (Å²) in [4.78, 5) is 0.242. The summed E-state index contributed by atoms with van der Waals surface area (Å²) in [6.45, 7) is 4.13. The lowest BCUT2D eigenvalue weighted by atomic mass is 9.94. The third-order valence-electron chi connectivity index (χ3n) is 4.30. The Bertz CT molecular complexity index is 618. The molecule has 0 unspecified atom stereocenters. The lowest BCUT2D eigenvalue weighted by molar-refractivity contribution is 0.217. The van der Waals surface area contributed by atoms with Gasteiger partial charge in [-0.25, -0.2) is 8.42 Å². The lowest BCUT2D eigenvalue weighted by Crippen LogP contribution is -2.48. The number of sulfonamides is 1. The minimum absolute atomic E-state index is 0.0744. The molecule has 1 aromatic rings. The van der Waals surface area contributed by atoms with E-state index in [2.05, 4.69) is 5.32 Å². The maximum Gasteiger partial charge on any atom is 0.244 e. The van der Waals surface area contributed by atoms with Crippen molar-refractivity contribution in [3.05, 3.63) is 28.8 Å². The predicted octanol–water partition coefficient (Wildman–Crippen LogP) is 2.02. The van der Waals surface area contributed by atoms with Gasteiger partial charge in [0, 0.05) is 19.1 Å². The van der Waals surface area contributed by atoms with Gasteiger partial charge in [0.15, 0.2) is 0 Å². The highest BCUT2D eigenvalue weighted by atomic mass is 35.5. The molecule has 2 aliphatic heterocycles. The number of rotatable bonds is 2. The average molecular weight is 315 g/mol. The van der Waals surface area contributed by atoms with E-state index in [9.17, 15) is 8.42 Å². The molecule has 2 aliphatic rings. The second kappa shape index (κ2) is 5.30. The molecule has 0 radical (unpaired) electrons. The SMILES string of the molecule is Cc1ccc(Cl)c(S(=O)(=O)N2CCC[C@H]3CNC[C@H]32)c1. The molecule has 2 saturated heterocycles. The molecule has 6 heteroatoms. The molecule has 3 rings (SSSR count). The van der Waals surface area contributed by atoms with Crippen molar-refractivity contribution in [3.63, 3.8) is 0 Å². The van der Waals surface area contributed by atoms with Crippen LogP contribution in [0.25, 0.3) is 0 Å². The van der Waals surface area contributed by atoms with Gasteiger partial charge >= 0.3 is 0 Å². The Kier molecular flexibility index (Phi) is 3.79. The molecular weight excluding hydrogens is 296 g/mol. The number of hydrogen-bond donors (Lipinski definition) is 1. The summed E-state index contributed by atoms with van der Waals surface area (Å²) >= 11 is 6.12. The van der Waals surface area contributed by atoms with Crippen LogP contribution in [0.1, 0.15) is 18.4 Å². The third-order valence-corrected chi connectivity index (χ3v) is 6.71. The van der Waals surface area contributed by atoms with E-state index >= 15 is 0 Å².